The van der Waals surface area contributed by atoms with Gasteiger partial charge in [-0.05, 0) is 25.2 Å². The summed E-state index contributed by atoms with van der Waals surface area (Å²) in [7, 11) is 0. The first-order valence-electron chi connectivity index (χ1n) is 8.24. The van der Waals surface area contributed by atoms with Crippen LogP contribution in [0.3, 0.4) is 0 Å². The maximum Gasteiger partial charge on any atom is 0.184 e. The first kappa shape index (κ1) is 14.3. The van der Waals surface area contributed by atoms with E-state index in [-0.39, 0.29) is 17.6 Å². The maximum atomic E-state index is 12.7. The SMILES string of the molecule is CCCn1cc2c(C3C(=O)CC4C=CC(C)=CC43)ncnc2n1. The molecule has 2 aromatic heterocycles. The normalized spacial score (nSPS) is 26.6. The summed E-state index contributed by atoms with van der Waals surface area (Å²) in [5, 5.41) is 5.42. The molecular weight excluding hydrogens is 288 g/mol. The van der Waals surface area contributed by atoms with Crippen LogP contribution >= 0.6 is 0 Å². The number of fused-ring (bicyclic) bond motifs is 2. The van der Waals surface area contributed by atoms with Crippen molar-refractivity contribution in [2.24, 2.45) is 11.8 Å². The Bertz CT molecular complexity index is 833. The molecular formula is C18H20N4O. The molecule has 0 bridgehead atoms. The van der Waals surface area contributed by atoms with Gasteiger partial charge in [0.15, 0.2) is 5.65 Å². The minimum Gasteiger partial charge on any atom is -0.299 e. The van der Waals surface area contributed by atoms with Crippen LogP contribution in [0, 0.1) is 11.8 Å². The fraction of sp³-hybridized carbons (Fsp3) is 0.444. The minimum atomic E-state index is -0.176. The topological polar surface area (TPSA) is 60.7 Å². The zero-order valence-corrected chi connectivity index (χ0v) is 13.4. The molecule has 2 heterocycles. The van der Waals surface area contributed by atoms with E-state index < -0.39 is 0 Å². The summed E-state index contributed by atoms with van der Waals surface area (Å²) in [5.74, 6) is 0.607. The van der Waals surface area contributed by atoms with Crippen molar-refractivity contribution < 1.29 is 4.79 Å². The van der Waals surface area contributed by atoms with E-state index in [0.29, 0.717) is 18.0 Å². The van der Waals surface area contributed by atoms with Crippen molar-refractivity contribution in [3.8, 4) is 0 Å². The summed E-state index contributed by atoms with van der Waals surface area (Å²) in [5.41, 5.74) is 2.75. The number of Topliss-reactive ketones (excluding diaryl/α,β-unsaturated/α-hetero) is 1. The number of aromatic nitrogens is 4. The lowest BCUT2D eigenvalue weighted by molar-refractivity contribution is -0.118. The Hall–Kier alpha value is -2.30. The lowest BCUT2D eigenvalue weighted by atomic mass is 9.82. The lowest BCUT2D eigenvalue weighted by Crippen LogP contribution is -2.17. The maximum absolute atomic E-state index is 12.7. The third kappa shape index (κ3) is 2.31. The molecule has 1 fully saturated rings. The van der Waals surface area contributed by atoms with E-state index in [1.807, 2.05) is 10.9 Å². The fourth-order valence-corrected chi connectivity index (χ4v) is 3.84. The predicted molar refractivity (Wildman–Crippen MR) is 87.9 cm³/mol. The highest BCUT2D eigenvalue weighted by Gasteiger charge is 2.43. The van der Waals surface area contributed by atoms with Gasteiger partial charge in [0, 0.05) is 19.2 Å². The second-order valence-electron chi connectivity index (χ2n) is 6.55. The van der Waals surface area contributed by atoms with Crippen LogP contribution in [-0.2, 0) is 11.3 Å². The molecule has 0 amide bonds. The molecule has 0 radical (unpaired) electrons. The quantitative estimate of drug-likeness (QED) is 0.874. The van der Waals surface area contributed by atoms with Crippen LogP contribution in [0.2, 0.25) is 0 Å². The van der Waals surface area contributed by atoms with Gasteiger partial charge in [-0.1, -0.05) is 30.7 Å². The Morgan fingerprint density at radius 3 is 3.04 bits per heavy atom. The summed E-state index contributed by atoms with van der Waals surface area (Å²) in [6, 6.07) is 0. The molecule has 2 aromatic rings. The molecule has 2 aliphatic carbocycles. The van der Waals surface area contributed by atoms with Crippen molar-refractivity contribution in [1.82, 2.24) is 19.7 Å². The number of carbonyl (C=O) groups is 1. The Morgan fingerprint density at radius 2 is 2.22 bits per heavy atom. The van der Waals surface area contributed by atoms with E-state index in [4.69, 9.17) is 0 Å². The van der Waals surface area contributed by atoms with E-state index in [9.17, 15) is 4.79 Å². The molecule has 0 aromatic carbocycles. The van der Waals surface area contributed by atoms with Crippen LogP contribution in [0.1, 0.15) is 38.3 Å². The molecule has 5 heteroatoms. The number of nitrogens with zero attached hydrogens (tertiary/aromatic N) is 4. The van der Waals surface area contributed by atoms with Crippen LogP contribution < -0.4 is 0 Å². The average Bonchev–Trinajstić information content (AvgIpc) is 3.07. The molecule has 1 saturated carbocycles. The van der Waals surface area contributed by atoms with E-state index >= 15 is 0 Å². The number of ketones is 1. The third-order valence-corrected chi connectivity index (χ3v) is 4.87. The van der Waals surface area contributed by atoms with Crippen LogP contribution in [0.4, 0.5) is 0 Å². The zero-order chi connectivity index (χ0) is 16.0. The fourth-order valence-electron chi connectivity index (χ4n) is 3.84. The molecule has 0 spiro atoms. The Labute approximate surface area is 135 Å². The smallest absolute Gasteiger partial charge is 0.184 e. The van der Waals surface area contributed by atoms with Gasteiger partial charge in [-0.25, -0.2) is 9.97 Å². The van der Waals surface area contributed by atoms with Gasteiger partial charge in [0.2, 0.25) is 0 Å². The van der Waals surface area contributed by atoms with Gasteiger partial charge in [0.25, 0.3) is 0 Å². The predicted octanol–water partition coefficient (Wildman–Crippen LogP) is 3.04. The first-order chi connectivity index (χ1) is 11.2. The Balaban J connectivity index is 1.82. The van der Waals surface area contributed by atoms with Gasteiger partial charge < -0.3 is 0 Å². The van der Waals surface area contributed by atoms with Gasteiger partial charge in [0.05, 0.1) is 17.0 Å². The Morgan fingerprint density at radius 1 is 1.35 bits per heavy atom. The highest BCUT2D eigenvalue weighted by atomic mass is 16.1. The van der Waals surface area contributed by atoms with Crippen LogP contribution in [-0.4, -0.2) is 25.5 Å². The van der Waals surface area contributed by atoms with Gasteiger partial charge >= 0.3 is 0 Å². The number of hydrogen-bond acceptors (Lipinski definition) is 4. The number of carbonyl (C=O) groups excluding carboxylic acids is 1. The molecule has 3 atom stereocenters. The van der Waals surface area contributed by atoms with Gasteiger partial charge in [-0.3, -0.25) is 9.48 Å². The number of rotatable bonds is 3. The average molecular weight is 308 g/mol. The second kappa shape index (κ2) is 5.41. The molecule has 0 aliphatic heterocycles. The summed E-state index contributed by atoms with van der Waals surface area (Å²) in [6.45, 7) is 5.05. The van der Waals surface area contributed by atoms with E-state index in [0.717, 1.165) is 24.0 Å². The number of allylic oxidation sites excluding steroid dienone is 4. The van der Waals surface area contributed by atoms with Crippen molar-refractivity contribution in [3.05, 3.63) is 42.0 Å². The van der Waals surface area contributed by atoms with Gasteiger partial charge in [-0.2, -0.15) is 5.10 Å². The Kier molecular flexibility index (Phi) is 3.36. The summed E-state index contributed by atoms with van der Waals surface area (Å²) in [6.07, 6.45) is 11.7. The molecule has 118 valence electrons. The summed E-state index contributed by atoms with van der Waals surface area (Å²) >= 11 is 0. The van der Waals surface area contributed by atoms with Crippen molar-refractivity contribution >= 4 is 16.8 Å². The van der Waals surface area contributed by atoms with Crippen molar-refractivity contribution in [2.45, 2.75) is 39.2 Å². The van der Waals surface area contributed by atoms with Gasteiger partial charge in [-0.15, -0.1) is 0 Å². The monoisotopic (exact) mass is 308 g/mol. The summed E-state index contributed by atoms with van der Waals surface area (Å²) < 4.78 is 1.90. The van der Waals surface area contributed by atoms with E-state index in [1.54, 1.807) is 0 Å². The molecule has 3 unspecified atom stereocenters. The molecule has 4 rings (SSSR count). The number of aryl methyl sites for hydroxylation is 1. The molecule has 0 saturated heterocycles. The standard InChI is InChI=1S/C18H20N4O/c1-3-6-22-9-14-17(19-10-20-18(14)21-22)16-13-7-11(2)4-5-12(13)8-15(16)23/h4-5,7,9-10,12-13,16H,3,6,8H2,1-2H3. The highest BCUT2D eigenvalue weighted by molar-refractivity contribution is 5.93. The second-order valence-corrected chi connectivity index (χ2v) is 6.55. The largest absolute Gasteiger partial charge is 0.299 e. The minimum absolute atomic E-state index is 0.176. The van der Waals surface area contributed by atoms with Crippen molar-refractivity contribution in [1.29, 1.82) is 0 Å². The van der Waals surface area contributed by atoms with E-state index in [2.05, 4.69) is 47.1 Å². The molecule has 2 aliphatic rings. The van der Waals surface area contributed by atoms with Crippen LogP contribution in [0.15, 0.2) is 36.3 Å². The summed E-state index contributed by atoms with van der Waals surface area (Å²) in [4.78, 5) is 21.4. The number of hydrogen-bond donors (Lipinski definition) is 0. The first-order valence-corrected chi connectivity index (χ1v) is 8.24. The highest BCUT2D eigenvalue weighted by Crippen LogP contribution is 2.45. The van der Waals surface area contributed by atoms with Crippen LogP contribution in [0.5, 0.6) is 0 Å². The van der Waals surface area contributed by atoms with Crippen molar-refractivity contribution in [3.63, 3.8) is 0 Å². The molecule has 0 N–H and O–H groups in total. The van der Waals surface area contributed by atoms with Crippen LogP contribution in [0.25, 0.3) is 11.0 Å². The molecule has 5 nitrogen and oxygen atoms in total. The zero-order valence-electron chi connectivity index (χ0n) is 13.4. The van der Waals surface area contributed by atoms with E-state index in [1.165, 1.54) is 11.9 Å². The van der Waals surface area contributed by atoms with Gasteiger partial charge in [0.1, 0.15) is 12.1 Å². The molecule has 23 heavy (non-hydrogen) atoms. The third-order valence-electron chi connectivity index (χ3n) is 4.87. The van der Waals surface area contributed by atoms with Crippen molar-refractivity contribution in [2.75, 3.05) is 0 Å². The lowest BCUT2D eigenvalue weighted by Gasteiger charge is -2.22.